The van der Waals surface area contributed by atoms with Gasteiger partial charge in [0.05, 0.1) is 11.6 Å². The minimum absolute atomic E-state index is 0.0575. The number of carbonyl (C=O) groups is 1. The maximum atomic E-state index is 12.0. The van der Waals surface area contributed by atoms with Crippen LogP contribution in [0.25, 0.3) is 0 Å². The maximum Gasteiger partial charge on any atom is 0.220 e. The predicted octanol–water partition coefficient (Wildman–Crippen LogP) is 3.46. The highest BCUT2D eigenvalue weighted by atomic mass is 32.2. The molecule has 0 aromatic heterocycles. The summed E-state index contributed by atoms with van der Waals surface area (Å²) < 4.78 is 0. The average molecular weight is 233 g/mol. The van der Waals surface area contributed by atoms with Gasteiger partial charge in [-0.2, -0.15) is 5.26 Å². The lowest BCUT2D eigenvalue weighted by Gasteiger charge is -2.10. The van der Waals surface area contributed by atoms with Crippen LogP contribution in [0.3, 0.4) is 0 Å². The maximum absolute atomic E-state index is 12.0. The van der Waals surface area contributed by atoms with Gasteiger partial charge in [0.25, 0.3) is 0 Å². The van der Waals surface area contributed by atoms with Crippen LogP contribution >= 0.6 is 11.8 Å². The molecule has 1 aromatic carbocycles. The van der Waals surface area contributed by atoms with Gasteiger partial charge < -0.3 is 0 Å². The average Bonchev–Trinajstić information content (AvgIpc) is 2.16. The molecule has 0 saturated carbocycles. The van der Waals surface area contributed by atoms with Crippen LogP contribution in [-0.2, 0) is 0 Å². The van der Waals surface area contributed by atoms with Crippen LogP contribution in [0.2, 0.25) is 0 Å². The molecule has 1 aromatic rings. The van der Waals surface area contributed by atoms with Crippen LogP contribution < -0.4 is 0 Å². The van der Waals surface area contributed by atoms with Crippen molar-refractivity contribution in [3.8, 4) is 6.07 Å². The minimum Gasteiger partial charge on any atom is -0.282 e. The molecule has 0 aliphatic carbocycles. The second-order valence-electron chi connectivity index (χ2n) is 4.00. The first-order chi connectivity index (χ1) is 7.47. The van der Waals surface area contributed by atoms with E-state index in [9.17, 15) is 4.79 Å². The number of aryl methyl sites for hydroxylation is 1. The number of carbonyl (C=O) groups excluding carboxylic acids is 1. The van der Waals surface area contributed by atoms with Gasteiger partial charge in [0.2, 0.25) is 5.12 Å². The topological polar surface area (TPSA) is 40.9 Å². The summed E-state index contributed by atoms with van der Waals surface area (Å²) in [5.41, 5.74) is 3.01. The van der Waals surface area contributed by atoms with E-state index < -0.39 is 0 Å². The molecule has 0 radical (unpaired) electrons. The molecular formula is C13H15NOS. The van der Waals surface area contributed by atoms with E-state index in [-0.39, 0.29) is 10.4 Å². The summed E-state index contributed by atoms with van der Waals surface area (Å²) in [4.78, 5) is 12.0. The van der Waals surface area contributed by atoms with Gasteiger partial charge in [0, 0.05) is 10.8 Å². The van der Waals surface area contributed by atoms with E-state index in [0.29, 0.717) is 11.1 Å². The molecule has 16 heavy (non-hydrogen) atoms. The number of thioether (sulfide) groups is 1. The molecule has 0 aliphatic heterocycles. The van der Waals surface area contributed by atoms with Crippen molar-refractivity contribution >= 4 is 16.9 Å². The Kier molecular flexibility index (Phi) is 4.14. The monoisotopic (exact) mass is 233 g/mol. The Morgan fingerprint density at radius 2 is 2.00 bits per heavy atom. The van der Waals surface area contributed by atoms with E-state index in [1.54, 1.807) is 6.07 Å². The fourth-order valence-electron chi connectivity index (χ4n) is 1.56. The highest BCUT2D eigenvalue weighted by Crippen LogP contribution is 2.24. The molecule has 0 saturated heterocycles. The fourth-order valence-corrected chi connectivity index (χ4v) is 2.42. The van der Waals surface area contributed by atoms with Crippen molar-refractivity contribution in [2.24, 2.45) is 0 Å². The summed E-state index contributed by atoms with van der Waals surface area (Å²) in [6.07, 6.45) is 0. The molecule has 0 amide bonds. The quantitative estimate of drug-likeness (QED) is 0.785. The summed E-state index contributed by atoms with van der Waals surface area (Å²) in [6, 6.07) is 5.71. The largest absolute Gasteiger partial charge is 0.282 e. The number of nitriles is 1. The zero-order chi connectivity index (χ0) is 12.3. The summed E-state index contributed by atoms with van der Waals surface area (Å²) >= 11 is 1.31. The summed E-state index contributed by atoms with van der Waals surface area (Å²) in [5.74, 6) is 0. The molecule has 0 spiro atoms. The van der Waals surface area contributed by atoms with Crippen LogP contribution in [-0.4, -0.2) is 10.4 Å². The molecule has 3 heteroatoms. The number of nitrogens with zero attached hydrogens (tertiary/aromatic N) is 1. The van der Waals surface area contributed by atoms with Crippen molar-refractivity contribution in [3.05, 3.63) is 34.4 Å². The van der Waals surface area contributed by atoms with Crippen LogP contribution in [0.1, 0.15) is 40.9 Å². The molecule has 0 bridgehead atoms. The first kappa shape index (κ1) is 12.8. The van der Waals surface area contributed by atoms with E-state index in [1.165, 1.54) is 11.8 Å². The fraction of sp³-hybridized carbons (Fsp3) is 0.385. The first-order valence-corrected chi connectivity index (χ1v) is 6.06. The van der Waals surface area contributed by atoms with Gasteiger partial charge in [-0.1, -0.05) is 31.7 Å². The Hall–Kier alpha value is -1.27. The summed E-state index contributed by atoms with van der Waals surface area (Å²) in [6.45, 7) is 7.71. The Morgan fingerprint density at radius 1 is 1.38 bits per heavy atom. The van der Waals surface area contributed by atoms with Crippen molar-refractivity contribution in [2.75, 3.05) is 0 Å². The zero-order valence-corrected chi connectivity index (χ0v) is 10.8. The second-order valence-corrected chi connectivity index (χ2v) is 5.55. The zero-order valence-electron chi connectivity index (χ0n) is 10.00. The lowest BCUT2D eigenvalue weighted by Crippen LogP contribution is -2.05. The lowest BCUT2D eigenvalue weighted by atomic mass is 9.99. The van der Waals surface area contributed by atoms with Crippen molar-refractivity contribution < 1.29 is 4.79 Å². The Bertz CT molecular complexity index is 458. The van der Waals surface area contributed by atoms with E-state index in [2.05, 4.69) is 6.07 Å². The molecular weight excluding hydrogens is 218 g/mol. The Balaban J connectivity index is 3.23. The van der Waals surface area contributed by atoms with Gasteiger partial charge >= 0.3 is 0 Å². The van der Waals surface area contributed by atoms with Crippen molar-refractivity contribution in [3.63, 3.8) is 0 Å². The third kappa shape index (κ3) is 2.65. The standard InChI is InChI=1S/C13H15NOS/c1-8(2)16-13(15)12-9(3)5-6-11(7-14)10(12)4/h5-6,8H,1-4H3. The third-order valence-electron chi connectivity index (χ3n) is 2.34. The molecule has 0 atom stereocenters. The number of rotatable bonds is 2. The van der Waals surface area contributed by atoms with Gasteiger partial charge in [-0.05, 0) is 31.0 Å². The normalized spacial score (nSPS) is 10.2. The van der Waals surface area contributed by atoms with Gasteiger partial charge in [-0.3, -0.25) is 4.79 Å². The van der Waals surface area contributed by atoms with Crippen molar-refractivity contribution in [1.29, 1.82) is 5.26 Å². The van der Waals surface area contributed by atoms with E-state index >= 15 is 0 Å². The lowest BCUT2D eigenvalue weighted by molar-refractivity contribution is 0.108. The Labute approximate surface area is 101 Å². The molecule has 0 N–H and O–H groups in total. The molecule has 84 valence electrons. The molecule has 0 fully saturated rings. The van der Waals surface area contributed by atoms with E-state index in [4.69, 9.17) is 5.26 Å². The van der Waals surface area contributed by atoms with Gasteiger partial charge in [0.15, 0.2) is 0 Å². The van der Waals surface area contributed by atoms with Gasteiger partial charge in [-0.25, -0.2) is 0 Å². The summed E-state index contributed by atoms with van der Waals surface area (Å²) in [7, 11) is 0. The highest BCUT2D eigenvalue weighted by molar-refractivity contribution is 8.14. The predicted molar refractivity (Wildman–Crippen MR) is 67.7 cm³/mol. The minimum atomic E-state index is 0.0575. The number of hydrogen-bond donors (Lipinski definition) is 0. The Morgan fingerprint density at radius 3 is 2.50 bits per heavy atom. The summed E-state index contributed by atoms with van der Waals surface area (Å²) in [5, 5.41) is 9.25. The SMILES string of the molecule is Cc1ccc(C#N)c(C)c1C(=O)SC(C)C. The molecule has 0 unspecified atom stereocenters. The smallest absolute Gasteiger partial charge is 0.220 e. The van der Waals surface area contributed by atoms with Crippen LogP contribution in [0.15, 0.2) is 12.1 Å². The van der Waals surface area contributed by atoms with E-state index in [0.717, 1.165) is 11.1 Å². The van der Waals surface area contributed by atoms with Gasteiger partial charge in [-0.15, -0.1) is 0 Å². The molecule has 0 aliphatic rings. The third-order valence-corrected chi connectivity index (χ3v) is 3.23. The first-order valence-electron chi connectivity index (χ1n) is 5.18. The van der Waals surface area contributed by atoms with Crippen molar-refractivity contribution in [1.82, 2.24) is 0 Å². The number of hydrogen-bond acceptors (Lipinski definition) is 3. The molecule has 2 nitrogen and oxygen atoms in total. The van der Waals surface area contributed by atoms with E-state index in [1.807, 2.05) is 33.8 Å². The van der Waals surface area contributed by atoms with Crippen LogP contribution in [0.5, 0.6) is 0 Å². The molecule has 1 rings (SSSR count). The highest BCUT2D eigenvalue weighted by Gasteiger charge is 2.16. The van der Waals surface area contributed by atoms with Crippen LogP contribution in [0, 0.1) is 25.2 Å². The molecule has 0 heterocycles. The number of benzene rings is 1. The second kappa shape index (κ2) is 5.18. The van der Waals surface area contributed by atoms with Gasteiger partial charge in [0.1, 0.15) is 0 Å². The van der Waals surface area contributed by atoms with Crippen LogP contribution in [0.4, 0.5) is 0 Å². The van der Waals surface area contributed by atoms with Crippen molar-refractivity contribution in [2.45, 2.75) is 32.9 Å².